The van der Waals surface area contributed by atoms with Gasteiger partial charge in [-0.3, -0.25) is 4.68 Å². The van der Waals surface area contributed by atoms with Crippen molar-refractivity contribution >= 4 is 21.4 Å². The minimum absolute atomic E-state index is 0.0178. The molecule has 0 aliphatic carbocycles. The van der Waals surface area contributed by atoms with Crippen LogP contribution in [0.15, 0.2) is 28.9 Å². The van der Waals surface area contributed by atoms with Crippen LogP contribution in [0.1, 0.15) is 24.3 Å². The molecule has 0 fully saturated rings. The second kappa shape index (κ2) is 7.12. The van der Waals surface area contributed by atoms with Crippen LogP contribution in [0.4, 0.5) is 0 Å². The molecule has 0 aliphatic heterocycles. The van der Waals surface area contributed by atoms with Crippen LogP contribution < -0.4 is 4.72 Å². The van der Waals surface area contributed by atoms with E-state index in [2.05, 4.69) is 14.8 Å². The number of aliphatic hydroxyl groups excluding tert-OH is 1. The summed E-state index contributed by atoms with van der Waals surface area (Å²) < 4.78 is 28.4. The van der Waals surface area contributed by atoms with Crippen molar-refractivity contribution in [3.63, 3.8) is 0 Å². The van der Waals surface area contributed by atoms with Crippen LogP contribution in [-0.4, -0.2) is 41.4 Å². The minimum Gasteiger partial charge on any atom is -0.396 e. The van der Waals surface area contributed by atoms with Crippen molar-refractivity contribution in [2.24, 2.45) is 0 Å². The number of aryl methyl sites for hydroxylation is 1. The standard InChI is InChI=1S/C12H18N4O3S2/c1-10(12-13-3-6-20-12)7-15-21(18,19)11-8-14-16(9-11)4-2-5-17/h3,6,8-10,15,17H,2,4-5,7H2,1H3. The summed E-state index contributed by atoms with van der Waals surface area (Å²) in [6.07, 6.45) is 5.02. The molecule has 0 spiro atoms. The topological polar surface area (TPSA) is 97.1 Å². The molecule has 1 atom stereocenters. The number of hydrogen-bond donors (Lipinski definition) is 2. The quantitative estimate of drug-likeness (QED) is 0.746. The highest BCUT2D eigenvalue weighted by Gasteiger charge is 2.18. The van der Waals surface area contributed by atoms with E-state index < -0.39 is 10.0 Å². The van der Waals surface area contributed by atoms with Gasteiger partial charge in [0.1, 0.15) is 4.90 Å². The lowest BCUT2D eigenvalue weighted by atomic mass is 10.2. The minimum atomic E-state index is -3.57. The molecule has 0 saturated carbocycles. The summed E-state index contributed by atoms with van der Waals surface area (Å²) in [6.45, 7) is 2.75. The third-order valence-corrected chi connectivity index (χ3v) is 5.30. The molecule has 2 N–H and O–H groups in total. The van der Waals surface area contributed by atoms with Crippen LogP contribution in [0.3, 0.4) is 0 Å². The second-order valence-corrected chi connectivity index (χ2v) is 7.33. The Kier molecular flexibility index (Phi) is 5.45. The van der Waals surface area contributed by atoms with Crippen molar-refractivity contribution in [3.8, 4) is 0 Å². The largest absolute Gasteiger partial charge is 0.396 e. The van der Waals surface area contributed by atoms with E-state index in [0.29, 0.717) is 13.0 Å². The van der Waals surface area contributed by atoms with Gasteiger partial charge >= 0.3 is 0 Å². The zero-order valence-electron chi connectivity index (χ0n) is 11.6. The molecule has 2 aromatic rings. The Morgan fingerprint density at radius 3 is 3.00 bits per heavy atom. The SMILES string of the molecule is CC(CNS(=O)(=O)c1cnn(CCCO)c1)c1nccs1. The summed E-state index contributed by atoms with van der Waals surface area (Å²) in [6, 6.07) is 0. The van der Waals surface area contributed by atoms with Crippen molar-refractivity contribution in [2.75, 3.05) is 13.2 Å². The van der Waals surface area contributed by atoms with Gasteiger partial charge in [0, 0.05) is 43.4 Å². The number of rotatable bonds is 8. The number of nitrogens with one attached hydrogen (secondary N) is 1. The summed E-state index contributed by atoms with van der Waals surface area (Å²) in [5, 5.41) is 15.5. The zero-order chi connectivity index (χ0) is 15.3. The van der Waals surface area contributed by atoms with Crippen molar-refractivity contribution in [1.29, 1.82) is 0 Å². The van der Waals surface area contributed by atoms with Gasteiger partial charge in [-0.1, -0.05) is 6.92 Å². The number of nitrogens with zero attached hydrogens (tertiary/aromatic N) is 3. The predicted molar refractivity (Wildman–Crippen MR) is 79.6 cm³/mol. The summed E-state index contributed by atoms with van der Waals surface area (Å²) in [7, 11) is -3.57. The van der Waals surface area contributed by atoms with Crippen LogP contribution in [0.2, 0.25) is 0 Å². The second-order valence-electron chi connectivity index (χ2n) is 4.64. The molecule has 2 aromatic heterocycles. The molecule has 0 aliphatic rings. The van der Waals surface area contributed by atoms with Gasteiger partial charge in [-0.25, -0.2) is 18.1 Å². The van der Waals surface area contributed by atoms with Gasteiger partial charge in [0.2, 0.25) is 10.0 Å². The summed E-state index contributed by atoms with van der Waals surface area (Å²) in [5.41, 5.74) is 0. The van der Waals surface area contributed by atoms with Gasteiger partial charge in [-0.15, -0.1) is 11.3 Å². The number of aromatic nitrogens is 3. The van der Waals surface area contributed by atoms with E-state index in [1.54, 1.807) is 6.20 Å². The number of thiazole rings is 1. The van der Waals surface area contributed by atoms with Crippen LogP contribution >= 0.6 is 11.3 Å². The van der Waals surface area contributed by atoms with E-state index in [1.807, 2.05) is 12.3 Å². The Hall–Kier alpha value is -1.29. The maximum atomic E-state index is 12.2. The first-order valence-electron chi connectivity index (χ1n) is 6.55. The first-order chi connectivity index (χ1) is 10.0. The van der Waals surface area contributed by atoms with E-state index >= 15 is 0 Å². The Morgan fingerprint density at radius 2 is 2.33 bits per heavy atom. The molecule has 0 aromatic carbocycles. The summed E-state index contributed by atoms with van der Waals surface area (Å²) in [5.74, 6) is 0.0178. The molecule has 0 amide bonds. The number of sulfonamides is 1. The average molecular weight is 330 g/mol. The van der Waals surface area contributed by atoms with Gasteiger partial charge in [0.15, 0.2) is 0 Å². The molecule has 0 saturated heterocycles. The number of aliphatic hydroxyl groups is 1. The average Bonchev–Trinajstić information content (AvgIpc) is 3.13. The Bertz CT molecular complexity index is 652. The van der Waals surface area contributed by atoms with E-state index in [-0.39, 0.29) is 24.0 Å². The van der Waals surface area contributed by atoms with Crippen LogP contribution in [-0.2, 0) is 16.6 Å². The maximum Gasteiger partial charge on any atom is 0.243 e. The van der Waals surface area contributed by atoms with Gasteiger partial charge in [-0.05, 0) is 6.42 Å². The van der Waals surface area contributed by atoms with Gasteiger partial charge in [0.05, 0.1) is 11.2 Å². The molecule has 2 rings (SSSR count). The molecule has 1 unspecified atom stereocenters. The highest BCUT2D eigenvalue weighted by Crippen LogP contribution is 2.17. The lowest BCUT2D eigenvalue weighted by molar-refractivity contribution is 0.277. The molecule has 116 valence electrons. The van der Waals surface area contributed by atoms with E-state index in [0.717, 1.165) is 5.01 Å². The molecule has 2 heterocycles. The van der Waals surface area contributed by atoms with Crippen molar-refractivity contribution in [2.45, 2.75) is 30.7 Å². The fourth-order valence-electron chi connectivity index (χ4n) is 1.72. The Labute approximate surface area is 127 Å². The van der Waals surface area contributed by atoms with Crippen molar-refractivity contribution in [3.05, 3.63) is 29.0 Å². The maximum absolute atomic E-state index is 12.2. The van der Waals surface area contributed by atoms with Crippen LogP contribution in [0.25, 0.3) is 0 Å². The van der Waals surface area contributed by atoms with Gasteiger partial charge < -0.3 is 5.11 Å². The van der Waals surface area contributed by atoms with Crippen LogP contribution in [0.5, 0.6) is 0 Å². The van der Waals surface area contributed by atoms with Crippen LogP contribution in [0, 0.1) is 0 Å². The summed E-state index contributed by atoms with van der Waals surface area (Å²) in [4.78, 5) is 4.30. The highest BCUT2D eigenvalue weighted by atomic mass is 32.2. The monoisotopic (exact) mass is 330 g/mol. The normalized spacial score (nSPS) is 13.4. The predicted octanol–water partition coefficient (Wildman–Crippen LogP) is 0.804. The van der Waals surface area contributed by atoms with E-state index in [1.165, 1.54) is 28.4 Å². The molecule has 7 nitrogen and oxygen atoms in total. The first kappa shape index (κ1) is 16.1. The summed E-state index contributed by atoms with van der Waals surface area (Å²) >= 11 is 1.50. The Morgan fingerprint density at radius 1 is 1.52 bits per heavy atom. The molecular weight excluding hydrogens is 312 g/mol. The highest BCUT2D eigenvalue weighted by molar-refractivity contribution is 7.89. The molecule has 21 heavy (non-hydrogen) atoms. The zero-order valence-corrected chi connectivity index (χ0v) is 13.3. The smallest absolute Gasteiger partial charge is 0.243 e. The lowest BCUT2D eigenvalue weighted by Crippen LogP contribution is -2.27. The van der Waals surface area contributed by atoms with Crippen molar-refractivity contribution < 1.29 is 13.5 Å². The Balaban J connectivity index is 1.96. The van der Waals surface area contributed by atoms with Gasteiger partial charge in [0.25, 0.3) is 0 Å². The number of hydrogen-bond acceptors (Lipinski definition) is 6. The molecule has 0 radical (unpaired) electrons. The first-order valence-corrected chi connectivity index (χ1v) is 8.91. The van der Waals surface area contributed by atoms with E-state index in [9.17, 15) is 8.42 Å². The van der Waals surface area contributed by atoms with Gasteiger partial charge in [-0.2, -0.15) is 5.10 Å². The third kappa shape index (κ3) is 4.34. The molecule has 0 bridgehead atoms. The van der Waals surface area contributed by atoms with E-state index in [4.69, 9.17) is 5.11 Å². The fraction of sp³-hybridized carbons (Fsp3) is 0.500. The lowest BCUT2D eigenvalue weighted by Gasteiger charge is -2.09. The fourth-order valence-corrected chi connectivity index (χ4v) is 3.50. The third-order valence-electron chi connectivity index (χ3n) is 2.92. The molecule has 9 heteroatoms. The molecular formula is C12H18N4O3S2. The van der Waals surface area contributed by atoms with Crippen molar-refractivity contribution in [1.82, 2.24) is 19.5 Å².